The third kappa shape index (κ3) is 8.17. The van der Waals surface area contributed by atoms with Crippen LogP contribution in [0.15, 0.2) is 12.3 Å². The zero-order valence-corrected chi connectivity index (χ0v) is 16.1. The van der Waals surface area contributed by atoms with Crippen molar-refractivity contribution in [2.45, 2.75) is 45.5 Å². The molecule has 0 spiro atoms. The number of alkyl carbamates (subject to hydrolysis) is 1. The van der Waals surface area contributed by atoms with Crippen LogP contribution in [0.4, 0.5) is 4.79 Å². The molecule has 1 amide bonds. The van der Waals surface area contributed by atoms with E-state index in [1.807, 2.05) is 0 Å². The summed E-state index contributed by atoms with van der Waals surface area (Å²) in [6, 6.07) is 1.55. The third-order valence-electron chi connectivity index (χ3n) is 2.96. The molecular formula is C16H26N2O6S. The van der Waals surface area contributed by atoms with Gasteiger partial charge in [0.15, 0.2) is 0 Å². The van der Waals surface area contributed by atoms with Crippen molar-refractivity contribution in [1.82, 2.24) is 10.3 Å². The molecule has 1 N–H and O–H groups in total. The number of hydrogen-bond acceptors (Lipinski definition) is 7. The zero-order chi connectivity index (χ0) is 19.1. The SMILES string of the molecule is CCOS(=O)(=O)Cc1cc(OC)ncc1CCNC(=O)OC(C)(C)C. The molecule has 0 saturated carbocycles. The van der Waals surface area contributed by atoms with Crippen LogP contribution in [0.2, 0.25) is 0 Å². The van der Waals surface area contributed by atoms with Crippen molar-refractivity contribution in [2.75, 3.05) is 20.3 Å². The monoisotopic (exact) mass is 374 g/mol. The number of rotatable bonds is 8. The molecule has 25 heavy (non-hydrogen) atoms. The van der Waals surface area contributed by atoms with Crippen molar-refractivity contribution in [3.05, 3.63) is 23.4 Å². The van der Waals surface area contributed by atoms with E-state index in [0.29, 0.717) is 23.4 Å². The maximum Gasteiger partial charge on any atom is 0.407 e. The summed E-state index contributed by atoms with van der Waals surface area (Å²) in [5, 5.41) is 2.63. The number of aromatic nitrogens is 1. The Morgan fingerprint density at radius 3 is 2.52 bits per heavy atom. The molecule has 0 bridgehead atoms. The molecule has 0 fully saturated rings. The normalized spacial score (nSPS) is 11.9. The van der Waals surface area contributed by atoms with E-state index in [2.05, 4.69) is 10.3 Å². The lowest BCUT2D eigenvalue weighted by atomic mass is 10.1. The molecule has 0 aliphatic heterocycles. The quantitative estimate of drug-likeness (QED) is 0.694. The summed E-state index contributed by atoms with van der Waals surface area (Å²) in [4.78, 5) is 15.8. The molecule has 0 radical (unpaired) electrons. The van der Waals surface area contributed by atoms with Gasteiger partial charge in [-0.25, -0.2) is 9.78 Å². The topological polar surface area (TPSA) is 104 Å². The van der Waals surface area contributed by atoms with Crippen LogP contribution in [0, 0.1) is 0 Å². The molecule has 1 aromatic rings. The number of nitrogens with one attached hydrogen (secondary N) is 1. The number of carbonyl (C=O) groups is 1. The maximum absolute atomic E-state index is 11.9. The molecule has 0 unspecified atom stereocenters. The fraction of sp³-hybridized carbons (Fsp3) is 0.625. The number of nitrogens with zero attached hydrogens (tertiary/aromatic N) is 1. The van der Waals surface area contributed by atoms with E-state index in [1.165, 1.54) is 13.3 Å². The van der Waals surface area contributed by atoms with Crippen molar-refractivity contribution >= 4 is 16.2 Å². The van der Waals surface area contributed by atoms with Gasteiger partial charge >= 0.3 is 6.09 Å². The van der Waals surface area contributed by atoms with Crippen molar-refractivity contribution in [3.63, 3.8) is 0 Å². The lowest BCUT2D eigenvalue weighted by Gasteiger charge is -2.19. The highest BCUT2D eigenvalue weighted by atomic mass is 32.2. The highest BCUT2D eigenvalue weighted by Gasteiger charge is 2.18. The van der Waals surface area contributed by atoms with Crippen LogP contribution in [-0.2, 0) is 31.2 Å². The van der Waals surface area contributed by atoms with E-state index < -0.39 is 21.8 Å². The van der Waals surface area contributed by atoms with Crippen LogP contribution in [0.25, 0.3) is 0 Å². The second kappa shape index (κ2) is 9.00. The molecule has 0 aliphatic rings. The summed E-state index contributed by atoms with van der Waals surface area (Å²) >= 11 is 0. The Labute approximate surface area is 149 Å². The predicted octanol–water partition coefficient (Wildman–Crippen LogP) is 2.02. The van der Waals surface area contributed by atoms with Crippen molar-refractivity contribution in [1.29, 1.82) is 0 Å². The smallest absolute Gasteiger partial charge is 0.407 e. The first-order chi connectivity index (χ1) is 11.6. The Hall–Kier alpha value is -1.87. The first-order valence-electron chi connectivity index (χ1n) is 7.92. The van der Waals surface area contributed by atoms with Gasteiger partial charge in [0, 0.05) is 18.8 Å². The van der Waals surface area contributed by atoms with Crippen molar-refractivity contribution < 1.29 is 26.9 Å². The Balaban J connectivity index is 2.80. The summed E-state index contributed by atoms with van der Waals surface area (Å²) in [6.45, 7) is 7.28. The number of pyridine rings is 1. The number of hydrogen-bond donors (Lipinski definition) is 1. The van der Waals surface area contributed by atoms with Crippen molar-refractivity contribution in [2.24, 2.45) is 0 Å². The highest BCUT2D eigenvalue weighted by molar-refractivity contribution is 7.85. The molecule has 0 atom stereocenters. The van der Waals surface area contributed by atoms with Gasteiger partial charge in [0.2, 0.25) is 5.88 Å². The molecular weight excluding hydrogens is 348 g/mol. The molecule has 8 nitrogen and oxygen atoms in total. The number of amides is 1. The zero-order valence-electron chi connectivity index (χ0n) is 15.3. The van der Waals surface area contributed by atoms with Gasteiger partial charge in [0.25, 0.3) is 10.1 Å². The van der Waals surface area contributed by atoms with Gasteiger partial charge < -0.3 is 14.8 Å². The van der Waals surface area contributed by atoms with Gasteiger partial charge in [-0.15, -0.1) is 0 Å². The second-order valence-electron chi connectivity index (χ2n) is 6.28. The largest absolute Gasteiger partial charge is 0.481 e. The first-order valence-corrected chi connectivity index (χ1v) is 9.50. The standard InChI is InChI=1S/C16H26N2O6S/c1-6-23-25(20,21)11-13-9-14(22-5)18-10-12(13)7-8-17-15(19)24-16(2,3)4/h9-10H,6-8,11H2,1-5H3,(H,17,19). The summed E-state index contributed by atoms with van der Waals surface area (Å²) in [5.41, 5.74) is 0.620. The molecule has 0 aliphatic carbocycles. The van der Waals surface area contributed by atoms with E-state index in [-0.39, 0.29) is 18.9 Å². The van der Waals surface area contributed by atoms with Gasteiger partial charge in [-0.1, -0.05) is 0 Å². The van der Waals surface area contributed by atoms with E-state index in [9.17, 15) is 13.2 Å². The van der Waals surface area contributed by atoms with E-state index in [4.69, 9.17) is 13.7 Å². The minimum atomic E-state index is -3.69. The molecule has 142 valence electrons. The predicted molar refractivity (Wildman–Crippen MR) is 93.0 cm³/mol. The average molecular weight is 374 g/mol. The fourth-order valence-electron chi connectivity index (χ4n) is 2.00. The van der Waals surface area contributed by atoms with Crippen molar-refractivity contribution in [3.8, 4) is 5.88 Å². The van der Waals surface area contributed by atoms with E-state index in [0.717, 1.165) is 0 Å². The van der Waals surface area contributed by atoms with Crippen LogP contribution < -0.4 is 10.1 Å². The molecule has 9 heteroatoms. The molecule has 0 aromatic carbocycles. The first kappa shape index (κ1) is 21.2. The van der Waals surface area contributed by atoms with Crippen LogP contribution in [0.1, 0.15) is 38.8 Å². The summed E-state index contributed by atoms with van der Waals surface area (Å²) in [7, 11) is -2.24. The lowest BCUT2D eigenvalue weighted by Crippen LogP contribution is -2.33. The number of carbonyl (C=O) groups excluding carboxylic acids is 1. The molecule has 1 heterocycles. The molecule has 1 rings (SSSR count). The van der Waals surface area contributed by atoms with Crippen LogP contribution in [0.3, 0.4) is 0 Å². The maximum atomic E-state index is 11.9. The highest BCUT2D eigenvalue weighted by Crippen LogP contribution is 2.18. The number of ether oxygens (including phenoxy) is 2. The van der Waals surface area contributed by atoms with E-state index in [1.54, 1.807) is 33.8 Å². The average Bonchev–Trinajstić information content (AvgIpc) is 2.46. The van der Waals surface area contributed by atoms with Gasteiger partial charge in [-0.3, -0.25) is 4.18 Å². The van der Waals surface area contributed by atoms with E-state index >= 15 is 0 Å². The van der Waals surface area contributed by atoms with Crippen LogP contribution in [-0.4, -0.2) is 45.4 Å². The Morgan fingerprint density at radius 2 is 1.96 bits per heavy atom. The van der Waals surface area contributed by atoms with Gasteiger partial charge in [-0.05, 0) is 45.2 Å². The minimum absolute atomic E-state index is 0.0695. The Morgan fingerprint density at radius 1 is 1.28 bits per heavy atom. The van der Waals surface area contributed by atoms with Crippen LogP contribution >= 0.6 is 0 Å². The van der Waals surface area contributed by atoms with Gasteiger partial charge in [-0.2, -0.15) is 8.42 Å². The third-order valence-corrected chi connectivity index (χ3v) is 4.22. The minimum Gasteiger partial charge on any atom is -0.481 e. The summed E-state index contributed by atoms with van der Waals surface area (Å²) in [6.07, 6.45) is 1.40. The number of methoxy groups -OCH3 is 1. The summed E-state index contributed by atoms with van der Waals surface area (Å²) < 4.78 is 38.8. The Kier molecular flexibility index (Phi) is 7.62. The molecule has 0 saturated heterocycles. The van der Waals surface area contributed by atoms with Gasteiger partial charge in [0.1, 0.15) is 11.4 Å². The second-order valence-corrected chi connectivity index (χ2v) is 7.92. The van der Waals surface area contributed by atoms with Gasteiger partial charge in [0.05, 0.1) is 13.7 Å². The molecule has 1 aromatic heterocycles. The van der Waals surface area contributed by atoms with Crippen LogP contribution in [0.5, 0.6) is 5.88 Å². The fourth-order valence-corrected chi connectivity index (χ4v) is 3.09. The summed E-state index contributed by atoms with van der Waals surface area (Å²) in [5.74, 6) is 0.0205. The lowest BCUT2D eigenvalue weighted by molar-refractivity contribution is 0.0528. The Bertz CT molecular complexity index is 682.